The van der Waals surface area contributed by atoms with E-state index in [1.54, 1.807) is 12.1 Å². The van der Waals surface area contributed by atoms with E-state index in [0.29, 0.717) is 11.8 Å². The summed E-state index contributed by atoms with van der Waals surface area (Å²) in [6, 6.07) is 6.98. The van der Waals surface area contributed by atoms with Crippen LogP contribution >= 0.6 is 23.4 Å². The normalized spacial score (nSPS) is 17.9. The molecule has 162 valence electrons. The van der Waals surface area contributed by atoms with E-state index in [9.17, 15) is 22.8 Å². The average Bonchev–Trinajstić information content (AvgIpc) is 3.02. The molecule has 13 heteroatoms. The van der Waals surface area contributed by atoms with E-state index in [0.717, 1.165) is 17.8 Å². The third-order valence-electron chi connectivity index (χ3n) is 3.72. The van der Waals surface area contributed by atoms with Crippen LogP contribution in [0.5, 0.6) is 11.6 Å². The SMILES string of the molecule is O=C(O)CC1SC(=NN=Cc2ccc(Oc3ncc(C(F)(F)F)cc3Cl)cc2)NC1=O. The van der Waals surface area contributed by atoms with Crippen LogP contribution in [0.25, 0.3) is 0 Å². The Bertz CT molecular complexity index is 1060. The van der Waals surface area contributed by atoms with Gasteiger partial charge in [0.1, 0.15) is 16.0 Å². The van der Waals surface area contributed by atoms with Gasteiger partial charge in [0.2, 0.25) is 11.8 Å². The molecule has 0 bridgehead atoms. The van der Waals surface area contributed by atoms with Gasteiger partial charge in [-0.05, 0) is 35.9 Å². The van der Waals surface area contributed by atoms with Gasteiger partial charge in [-0.1, -0.05) is 23.4 Å². The molecule has 1 amide bonds. The summed E-state index contributed by atoms with van der Waals surface area (Å²) in [5, 5.41) is 18.0. The van der Waals surface area contributed by atoms with Crippen LogP contribution in [0.15, 0.2) is 46.7 Å². The minimum Gasteiger partial charge on any atom is -0.481 e. The summed E-state index contributed by atoms with van der Waals surface area (Å²) in [4.78, 5) is 25.9. The Kier molecular flexibility index (Phi) is 6.81. The second-order valence-electron chi connectivity index (χ2n) is 6.02. The standard InChI is InChI=1S/C18H12ClF3N4O4S/c19-12-5-10(18(20,21)22)8-23-16(12)30-11-3-1-9(2-4-11)7-24-26-17-25-15(29)13(31-17)6-14(27)28/h1-5,7-8,13H,6H2,(H,27,28)(H,25,26,29). The Hall–Kier alpha value is -3.12. The summed E-state index contributed by atoms with van der Waals surface area (Å²) in [6.45, 7) is 0. The fraction of sp³-hybridized carbons (Fsp3) is 0.167. The van der Waals surface area contributed by atoms with Gasteiger partial charge in [0.05, 0.1) is 18.2 Å². The molecule has 1 fully saturated rings. The molecule has 3 rings (SSSR count). The molecule has 1 aromatic heterocycles. The Morgan fingerprint density at radius 3 is 2.68 bits per heavy atom. The predicted octanol–water partition coefficient (Wildman–Crippen LogP) is 3.94. The smallest absolute Gasteiger partial charge is 0.417 e. The first-order chi connectivity index (χ1) is 14.6. The molecule has 0 radical (unpaired) electrons. The lowest BCUT2D eigenvalue weighted by atomic mass is 10.2. The van der Waals surface area contributed by atoms with Gasteiger partial charge in [0, 0.05) is 6.20 Å². The number of hydrogen-bond donors (Lipinski definition) is 2. The van der Waals surface area contributed by atoms with E-state index in [1.807, 2.05) is 0 Å². The average molecular weight is 473 g/mol. The van der Waals surface area contributed by atoms with Crippen molar-refractivity contribution < 1.29 is 32.6 Å². The highest BCUT2D eigenvalue weighted by Gasteiger charge is 2.32. The number of aromatic nitrogens is 1. The van der Waals surface area contributed by atoms with Gasteiger partial charge in [-0.2, -0.15) is 18.3 Å². The molecule has 1 unspecified atom stereocenters. The molecule has 1 aromatic carbocycles. The number of carboxylic acid groups (broad SMARTS) is 1. The minimum atomic E-state index is -4.56. The highest BCUT2D eigenvalue weighted by Crippen LogP contribution is 2.34. The zero-order chi connectivity index (χ0) is 22.6. The maximum Gasteiger partial charge on any atom is 0.417 e. The third kappa shape index (κ3) is 6.18. The van der Waals surface area contributed by atoms with Gasteiger partial charge in [-0.3, -0.25) is 9.59 Å². The molecule has 2 aromatic rings. The zero-order valence-corrected chi connectivity index (χ0v) is 16.8. The number of rotatable bonds is 6. The molecule has 31 heavy (non-hydrogen) atoms. The van der Waals surface area contributed by atoms with E-state index in [2.05, 4.69) is 20.5 Å². The molecule has 2 N–H and O–H groups in total. The number of amides is 1. The zero-order valence-electron chi connectivity index (χ0n) is 15.3. The molecule has 0 spiro atoms. The quantitative estimate of drug-likeness (QED) is 0.486. The number of ether oxygens (including phenoxy) is 1. The van der Waals surface area contributed by atoms with Crippen LogP contribution in [-0.4, -0.2) is 38.6 Å². The Morgan fingerprint density at radius 2 is 2.06 bits per heavy atom. The van der Waals surface area contributed by atoms with Crippen molar-refractivity contribution in [3.8, 4) is 11.6 Å². The van der Waals surface area contributed by atoms with Gasteiger partial charge in [0.25, 0.3) is 0 Å². The monoisotopic (exact) mass is 472 g/mol. The third-order valence-corrected chi connectivity index (χ3v) is 5.06. The summed E-state index contributed by atoms with van der Waals surface area (Å²) in [5.41, 5.74) is -0.372. The number of carbonyl (C=O) groups excluding carboxylic acids is 1. The fourth-order valence-corrected chi connectivity index (χ4v) is 3.40. The van der Waals surface area contributed by atoms with Crippen molar-refractivity contribution in [2.75, 3.05) is 0 Å². The molecule has 2 heterocycles. The van der Waals surface area contributed by atoms with E-state index < -0.39 is 28.9 Å². The number of alkyl halides is 3. The van der Waals surface area contributed by atoms with Gasteiger partial charge in [0.15, 0.2) is 5.17 Å². The van der Waals surface area contributed by atoms with E-state index >= 15 is 0 Å². The number of nitrogens with one attached hydrogen (secondary N) is 1. The second-order valence-corrected chi connectivity index (χ2v) is 7.62. The maximum absolute atomic E-state index is 12.7. The first-order valence-corrected chi connectivity index (χ1v) is 9.68. The van der Waals surface area contributed by atoms with E-state index in [-0.39, 0.29) is 28.2 Å². The van der Waals surface area contributed by atoms with E-state index in [1.165, 1.54) is 18.3 Å². The number of benzene rings is 1. The molecule has 8 nitrogen and oxygen atoms in total. The summed E-state index contributed by atoms with van der Waals surface area (Å²) >= 11 is 6.78. The van der Waals surface area contributed by atoms with Crippen LogP contribution < -0.4 is 10.1 Å². The summed E-state index contributed by atoms with van der Waals surface area (Å²) < 4.78 is 43.4. The van der Waals surface area contributed by atoms with Gasteiger partial charge < -0.3 is 15.2 Å². The number of hydrogen-bond acceptors (Lipinski definition) is 7. The number of carbonyl (C=O) groups is 2. The highest BCUT2D eigenvalue weighted by atomic mass is 35.5. The minimum absolute atomic E-state index is 0.174. The van der Waals surface area contributed by atoms with Gasteiger partial charge >= 0.3 is 12.1 Å². The Labute approximate surface area is 182 Å². The molecular weight excluding hydrogens is 461 g/mol. The summed E-state index contributed by atoms with van der Waals surface area (Å²) in [5.74, 6) is -1.42. The van der Waals surface area contributed by atoms with Crippen LogP contribution in [0.1, 0.15) is 17.5 Å². The van der Waals surface area contributed by atoms with Gasteiger partial charge in [-0.25, -0.2) is 4.98 Å². The molecule has 1 aliphatic rings. The Balaban J connectivity index is 1.61. The number of thioether (sulfide) groups is 1. The van der Waals surface area contributed by atoms with Gasteiger partial charge in [-0.15, -0.1) is 5.10 Å². The topological polar surface area (TPSA) is 113 Å². The number of halogens is 4. The lowest BCUT2D eigenvalue weighted by molar-refractivity contribution is -0.138. The molecule has 1 saturated heterocycles. The lowest BCUT2D eigenvalue weighted by Crippen LogP contribution is -2.26. The van der Waals surface area contributed by atoms with Crippen LogP contribution in [0.3, 0.4) is 0 Å². The van der Waals surface area contributed by atoms with Crippen molar-refractivity contribution in [3.05, 3.63) is 52.7 Å². The molecule has 1 atom stereocenters. The Morgan fingerprint density at radius 1 is 1.35 bits per heavy atom. The first kappa shape index (κ1) is 22.6. The van der Waals surface area contributed by atoms with Crippen molar-refractivity contribution in [1.82, 2.24) is 10.3 Å². The first-order valence-electron chi connectivity index (χ1n) is 8.43. The number of aliphatic carboxylic acids is 1. The van der Waals surface area contributed by atoms with Crippen molar-refractivity contribution in [1.29, 1.82) is 0 Å². The van der Waals surface area contributed by atoms with Crippen LogP contribution in [0.4, 0.5) is 13.2 Å². The molecular formula is C18H12ClF3N4O4S. The molecule has 1 aliphatic heterocycles. The number of nitrogens with zero attached hydrogens (tertiary/aromatic N) is 3. The second kappa shape index (κ2) is 9.35. The van der Waals surface area contributed by atoms with Crippen molar-refractivity contribution in [2.24, 2.45) is 10.2 Å². The largest absolute Gasteiger partial charge is 0.481 e. The highest BCUT2D eigenvalue weighted by molar-refractivity contribution is 8.15. The van der Waals surface area contributed by atoms with Crippen molar-refractivity contribution in [2.45, 2.75) is 17.8 Å². The lowest BCUT2D eigenvalue weighted by Gasteiger charge is -2.10. The number of amidine groups is 1. The van der Waals surface area contributed by atoms with Crippen molar-refractivity contribution >= 4 is 46.6 Å². The maximum atomic E-state index is 12.7. The molecule has 0 aliphatic carbocycles. The van der Waals surface area contributed by atoms with Crippen molar-refractivity contribution in [3.63, 3.8) is 0 Å². The van der Waals surface area contributed by atoms with E-state index in [4.69, 9.17) is 21.4 Å². The summed E-state index contributed by atoms with van der Waals surface area (Å²) in [6.07, 6.45) is -2.87. The molecule has 0 saturated carbocycles. The summed E-state index contributed by atoms with van der Waals surface area (Å²) in [7, 11) is 0. The predicted molar refractivity (Wildman–Crippen MR) is 108 cm³/mol. The number of carboxylic acids is 1. The van der Waals surface area contributed by atoms with Crippen LogP contribution in [0.2, 0.25) is 5.02 Å². The van der Waals surface area contributed by atoms with Crippen LogP contribution in [-0.2, 0) is 15.8 Å². The fourth-order valence-electron chi connectivity index (χ4n) is 2.28. The number of pyridine rings is 1. The van der Waals surface area contributed by atoms with Crippen LogP contribution in [0, 0.1) is 0 Å².